The molecule has 3 rings (SSSR count). The maximum absolute atomic E-state index is 11.8. The number of nitrogens with one attached hydrogen (secondary N) is 1. The van der Waals surface area contributed by atoms with Gasteiger partial charge in [0, 0.05) is 17.0 Å². The summed E-state index contributed by atoms with van der Waals surface area (Å²) in [6, 6.07) is 10.9. The van der Waals surface area contributed by atoms with Crippen molar-refractivity contribution in [1.29, 1.82) is 0 Å². The van der Waals surface area contributed by atoms with Gasteiger partial charge >= 0.3 is 0 Å². The summed E-state index contributed by atoms with van der Waals surface area (Å²) in [5, 5.41) is 8.23. The minimum Gasteiger partial charge on any atom is -0.350 e. The lowest BCUT2D eigenvalue weighted by Gasteiger charge is -2.07. The van der Waals surface area contributed by atoms with Crippen LogP contribution in [0.1, 0.15) is 25.5 Å². The normalized spacial score (nSPS) is 11.0. The summed E-state index contributed by atoms with van der Waals surface area (Å²) < 4.78 is 1.67. The van der Waals surface area contributed by atoms with Crippen molar-refractivity contribution in [3.05, 3.63) is 52.3 Å². The Balaban J connectivity index is 2.05. The summed E-state index contributed by atoms with van der Waals surface area (Å²) >= 11 is 12.0. The molecule has 1 N–H and O–H groups in total. The van der Waals surface area contributed by atoms with Crippen molar-refractivity contribution in [2.45, 2.75) is 26.3 Å². The van der Waals surface area contributed by atoms with Gasteiger partial charge in [0.2, 0.25) is 5.91 Å². The SMILES string of the molecule is CCCC(=O)NCc1c(-c2ccc(Cl)cc2)nc2ccc(Cl)nn12. The molecule has 0 spiro atoms. The van der Waals surface area contributed by atoms with Gasteiger partial charge in [-0.15, -0.1) is 0 Å². The van der Waals surface area contributed by atoms with Crippen molar-refractivity contribution in [3.8, 4) is 11.3 Å². The monoisotopic (exact) mass is 362 g/mol. The molecule has 2 aromatic heterocycles. The van der Waals surface area contributed by atoms with Gasteiger partial charge in [0.05, 0.1) is 17.9 Å². The Hall–Kier alpha value is -2.11. The van der Waals surface area contributed by atoms with Crippen molar-refractivity contribution in [2.75, 3.05) is 0 Å². The van der Waals surface area contributed by atoms with E-state index in [1.54, 1.807) is 28.8 Å². The summed E-state index contributed by atoms with van der Waals surface area (Å²) in [7, 11) is 0. The summed E-state index contributed by atoms with van der Waals surface area (Å²) in [6.07, 6.45) is 1.29. The first-order chi connectivity index (χ1) is 11.6. The number of imidazole rings is 1. The van der Waals surface area contributed by atoms with Crippen LogP contribution < -0.4 is 5.32 Å². The van der Waals surface area contributed by atoms with Crippen molar-refractivity contribution >= 4 is 34.8 Å². The summed E-state index contributed by atoms with van der Waals surface area (Å²) in [5.74, 6) is -0.00321. The number of rotatable bonds is 5. The molecule has 0 aliphatic heterocycles. The van der Waals surface area contributed by atoms with E-state index in [0.29, 0.717) is 28.8 Å². The van der Waals surface area contributed by atoms with Crippen LogP contribution in [0.4, 0.5) is 0 Å². The number of fused-ring (bicyclic) bond motifs is 1. The third kappa shape index (κ3) is 3.52. The molecule has 0 aliphatic rings. The van der Waals surface area contributed by atoms with Crippen LogP contribution in [0.5, 0.6) is 0 Å². The van der Waals surface area contributed by atoms with Crippen molar-refractivity contribution in [1.82, 2.24) is 19.9 Å². The fourth-order valence-corrected chi connectivity index (χ4v) is 2.72. The van der Waals surface area contributed by atoms with Crippen LogP contribution >= 0.6 is 23.2 Å². The van der Waals surface area contributed by atoms with E-state index in [4.69, 9.17) is 23.2 Å². The molecule has 0 aliphatic carbocycles. The van der Waals surface area contributed by atoms with E-state index in [1.807, 2.05) is 19.1 Å². The second-order valence-corrected chi connectivity index (χ2v) is 6.19. The zero-order valence-electron chi connectivity index (χ0n) is 13.1. The minimum atomic E-state index is -0.00321. The van der Waals surface area contributed by atoms with Crippen molar-refractivity contribution in [2.24, 2.45) is 0 Å². The molecular formula is C17H16Cl2N4O. The number of amides is 1. The third-order valence-corrected chi connectivity index (χ3v) is 4.04. The Labute approximate surface area is 149 Å². The van der Waals surface area contributed by atoms with E-state index >= 15 is 0 Å². The van der Waals surface area contributed by atoms with Gasteiger partial charge in [-0.25, -0.2) is 9.50 Å². The number of aromatic nitrogens is 3. The number of hydrogen-bond acceptors (Lipinski definition) is 3. The van der Waals surface area contributed by atoms with Gasteiger partial charge in [-0.2, -0.15) is 5.10 Å². The quantitative estimate of drug-likeness (QED) is 0.742. The number of benzene rings is 1. The Morgan fingerprint density at radius 3 is 2.62 bits per heavy atom. The standard InChI is InChI=1S/C17H16Cl2N4O/c1-2-3-16(24)20-10-13-17(11-4-6-12(18)7-5-11)21-15-9-8-14(19)22-23(13)15/h4-9H,2-3,10H2,1H3,(H,20,24). The van der Waals surface area contributed by atoms with E-state index < -0.39 is 0 Å². The molecule has 1 amide bonds. The average molecular weight is 363 g/mol. The molecule has 2 heterocycles. The second-order valence-electron chi connectivity index (χ2n) is 5.37. The molecule has 24 heavy (non-hydrogen) atoms. The van der Waals surface area contributed by atoms with Crippen LogP contribution in [0.25, 0.3) is 16.9 Å². The molecule has 0 unspecified atom stereocenters. The third-order valence-electron chi connectivity index (χ3n) is 3.59. The van der Waals surface area contributed by atoms with Gasteiger partial charge in [0.1, 0.15) is 5.15 Å². The zero-order valence-corrected chi connectivity index (χ0v) is 14.6. The molecule has 0 atom stereocenters. The van der Waals surface area contributed by atoms with Crippen LogP contribution in [-0.4, -0.2) is 20.5 Å². The van der Waals surface area contributed by atoms with Crippen LogP contribution in [-0.2, 0) is 11.3 Å². The molecule has 5 nitrogen and oxygen atoms in total. The largest absolute Gasteiger partial charge is 0.350 e. The van der Waals surface area contributed by atoms with E-state index in [9.17, 15) is 4.79 Å². The van der Waals surface area contributed by atoms with E-state index in [2.05, 4.69) is 15.4 Å². The molecule has 0 saturated heterocycles. The first kappa shape index (κ1) is 16.7. The highest BCUT2D eigenvalue weighted by molar-refractivity contribution is 6.30. The van der Waals surface area contributed by atoms with Crippen LogP contribution in [0.15, 0.2) is 36.4 Å². The fraction of sp³-hybridized carbons (Fsp3) is 0.235. The highest BCUT2D eigenvalue weighted by Crippen LogP contribution is 2.26. The van der Waals surface area contributed by atoms with Crippen LogP contribution in [0.2, 0.25) is 10.2 Å². The molecule has 3 aromatic rings. The Morgan fingerprint density at radius 1 is 1.17 bits per heavy atom. The fourth-order valence-electron chi connectivity index (χ4n) is 2.45. The smallest absolute Gasteiger partial charge is 0.220 e. The maximum Gasteiger partial charge on any atom is 0.220 e. The van der Waals surface area contributed by atoms with E-state index in [0.717, 1.165) is 23.4 Å². The molecule has 124 valence electrons. The summed E-state index contributed by atoms with van der Waals surface area (Å²) in [5.41, 5.74) is 3.10. The Morgan fingerprint density at radius 2 is 1.92 bits per heavy atom. The first-order valence-electron chi connectivity index (χ1n) is 7.65. The number of carbonyl (C=O) groups is 1. The van der Waals surface area contributed by atoms with Gasteiger partial charge in [-0.1, -0.05) is 42.3 Å². The molecule has 1 aromatic carbocycles. The highest BCUT2D eigenvalue weighted by Gasteiger charge is 2.16. The van der Waals surface area contributed by atoms with E-state index in [-0.39, 0.29) is 5.91 Å². The van der Waals surface area contributed by atoms with E-state index in [1.165, 1.54) is 0 Å². The minimum absolute atomic E-state index is 0.00321. The second kappa shape index (κ2) is 7.20. The number of halogens is 2. The molecule has 0 radical (unpaired) electrons. The van der Waals surface area contributed by atoms with Gasteiger partial charge in [-0.05, 0) is 30.7 Å². The lowest BCUT2D eigenvalue weighted by molar-refractivity contribution is -0.121. The maximum atomic E-state index is 11.8. The predicted molar refractivity (Wildman–Crippen MR) is 95.2 cm³/mol. The molecule has 0 fully saturated rings. The molecule has 0 bridgehead atoms. The van der Waals surface area contributed by atoms with Crippen LogP contribution in [0, 0.1) is 0 Å². The first-order valence-corrected chi connectivity index (χ1v) is 8.41. The predicted octanol–water partition coefficient (Wildman–Crippen LogP) is 4.12. The Kier molecular flexibility index (Phi) is 5.02. The molecule has 7 heteroatoms. The molecular weight excluding hydrogens is 347 g/mol. The zero-order chi connectivity index (χ0) is 17.1. The van der Waals surface area contributed by atoms with Gasteiger partial charge in [0.15, 0.2) is 5.65 Å². The van der Waals surface area contributed by atoms with Crippen molar-refractivity contribution < 1.29 is 4.79 Å². The van der Waals surface area contributed by atoms with Gasteiger partial charge in [0.25, 0.3) is 0 Å². The topological polar surface area (TPSA) is 59.3 Å². The van der Waals surface area contributed by atoms with Gasteiger partial charge in [-0.3, -0.25) is 4.79 Å². The van der Waals surface area contributed by atoms with Gasteiger partial charge < -0.3 is 5.32 Å². The number of nitrogens with zero attached hydrogens (tertiary/aromatic N) is 3. The number of hydrogen-bond donors (Lipinski definition) is 1. The lowest BCUT2D eigenvalue weighted by atomic mass is 10.1. The summed E-state index contributed by atoms with van der Waals surface area (Å²) in [6.45, 7) is 2.29. The molecule has 0 saturated carbocycles. The average Bonchev–Trinajstić information content (AvgIpc) is 2.91. The lowest BCUT2D eigenvalue weighted by Crippen LogP contribution is -2.23. The summed E-state index contributed by atoms with van der Waals surface area (Å²) in [4.78, 5) is 16.5. The Bertz CT molecular complexity index is 874. The highest BCUT2D eigenvalue weighted by atomic mass is 35.5. The number of carbonyl (C=O) groups excluding carboxylic acids is 1. The van der Waals surface area contributed by atoms with Crippen molar-refractivity contribution in [3.63, 3.8) is 0 Å². The van der Waals surface area contributed by atoms with Crippen LogP contribution in [0.3, 0.4) is 0 Å².